The monoisotopic (exact) mass is 256 g/mol. The van der Waals surface area contributed by atoms with Gasteiger partial charge in [-0.1, -0.05) is 19.1 Å². The first-order valence-corrected chi connectivity index (χ1v) is 6.63. The van der Waals surface area contributed by atoms with Crippen LogP contribution in [0.15, 0.2) is 42.6 Å². The minimum atomic E-state index is 0.203. The smallest absolute Gasteiger partial charge is 0.115 e. The van der Waals surface area contributed by atoms with E-state index in [1.54, 1.807) is 12.1 Å². The maximum Gasteiger partial charge on any atom is 0.115 e. The molecule has 2 aromatic rings. The summed E-state index contributed by atoms with van der Waals surface area (Å²) in [6, 6.07) is 11.7. The standard InChI is InChI=1S/C16H20N2O/c1-3-17-16(15-10-12(2)8-9-18-15)11-13-4-6-14(19)7-5-13/h4-10,16-17,19H,3,11H2,1-2H3. The minimum Gasteiger partial charge on any atom is -0.508 e. The molecule has 0 radical (unpaired) electrons. The zero-order valence-electron chi connectivity index (χ0n) is 11.4. The third kappa shape index (κ3) is 3.80. The zero-order chi connectivity index (χ0) is 13.7. The molecule has 3 heteroatoms. The normalized spacial score (nSPS) is 12.3. The van der Waals surface area contributed by atoms with Crippen molar-refractivity contribution in [2.45, 2.75) is 26.3 Å². The molecule has 0 bridgehead atoms. The molecule has 0 saturated carbocycles. The lowest BCUT2D eigenvalue weighted by atomic mass is 10.0. The highest BCUT2D eigenvalue weighted by Gasteiger charge is 2.12. The van der Waals surface area contributed by atoms with Crippen LogP contribution in [0, 0.1) is 6.92 Å². The number of pyridine rings is 1. The van der Waals surface area contributed by atoms with Crippen LogP contribution in [0.1, 0.15) is 29.8 Å². The average molecular weight is 256 g/mol. The van der Waals surface area contributed by atoms with E-state index in [0.717, 1.165) is 18.7 Å². The lowest BCUT2D eigenvalue weighted by Crippen LogP contribution is -2.24. The summed E-state index contributed by atoms with van der Waals surface area (Å²) in [6.07, 6.45) is 2.72. The average Bonchev–Trinajstić information content (AvgIpc) is 2.41. The summed E-state index contributed by atoms with van der Waals surface area (Å²) in [5, 5.41) is 12.8. The van der Waals surface area contributed by atoms with Crippen molar-refractivity contribution in [2.24, 2.45) is 0 Å². The Hall–Kier alpha value is -1.87. The molecule has 1 aromatic heterocycles. The Morgan fingerprint density at radius 3 is 2.58 bits per heavy atom. The largest absolute Gasteiger partial charge is 0.508 e. The van der Waals surface area contributed by atoms with Gasteiger partial charge in [0.2, 0.25) is 0 Å². The predicted octanol–water partition coefficient (Wildman–Crippen LogP) is 2.99. The van der Waals surface area contributed by atoms with E-state index in [9.17, 15) is 5.11 Å². The van der Waals surface area contributed by atoms with E-state index in [1.807, 2.05) is 24.4 Å². The fourth-order valence-corrected chi connectivity index (χ4v) is 2.15. The molecular formula is C16H20N2O. The first-order chi connectivity index (χ1) is 9.19. The summed E-state index contributed by atoms with van der Waals surface area (Å²) in [5.41, 5.74) is 3.47. The van der Waals surface area contributed by atoms with Gasteiger partial charge < -0.3 is 10.4 Å². The fraction of sp³-hybridized carbons (Fsp3) is 0.312. The van der Waals surface area contributed by atoms with E-state index in [2.05, 4.69) is 30.2 Å². The summed E-state index contributed by atoms with van der Waals surface area (Å²) in [4.78, 5) is 4.46. The van der Waals surface area contributed by atoms with Crippen molar-refractivity contribution in [2.75, 3.05) is 6.54 Å². The van der Waals surface area contributed by atoms with Gasteiger partial charge in [-0.2, -0.15) is 0 Å². The summed E-state index contributed by atoms with van der Waals surface area (Å²) >= 11 is 0. The number of rotatable bonds is 5. The van der Waals surface area contributed by atoms with Crippen LogP contribution in [0.25, 0.3) is 0 Å². The Morgan fingerprint density at radius 2 is 1.95 bits per heavy atom. The van der Waals surface area contributed by atoms with Crippen molar-refractivity contribution in [3.8, 4) is 5.75 Å². The maximum atomic E-state index is 9.32. The van der Waals surface area contributed by atoms with E-state index >= 15 is 0 Å². The van der Waals surface area contributed by atoms with Gasteiger partial charge in [0.25, 0.3) is 0 Å². The van der Waals surface area contributed by atoms with Crippen LogP contribution < -0.4 is 5.32 Å². The molecule has 0 amide bonds. The molecule has 0 aliphatic rings. The number of aromatic nitrogens is 1. The van der Waals surface area contributed by atoms with Gasteiger partial charge >= 0.3 is 0 Å². The molecule has 1 atom stereocenters. The molecule has 0 aliphatic heterocycles. The molecule has 0 aliphatic carbocycles. The lowest BCUT2D eigenvalue weighted by molar-refractivity contribution is 0.474. The number of aromatic hydroxyl groups is 1. The number of nitrogens with one attached hydrogen (secondary N) is 1. The van der Waals surface area contributed by atoms with Crippen molar-refractivity contribution in [1.82, 2.24) is 10.3 Å². The highest BCUT2D eigenvalue weighted by Crippen LogP contribution is 2.19. The molecule has 1 unspecified atom stereocenters. The van der Waals surface area contributed by atoms with Crippen molar-refractivity contribution < 1.29 is 5.11 Å². The van der Waals surface area contributed by atoms with Crippen LogP contribution in [0.2, 0.25) is 0 Å². The molecule has 19 heavy (non-hydrogen) atoms. The molecule has 1 aromatic carbocycles. The second kappa shape index (κ2) is 6.34. The van der Waals surface area contributed by atoms with Crippen LogP contribution in [-0.4, -0.2) is 16.6 Å². The predicted molar refractivity (Wildman–Crippen MR) is 77.2 cm³/mol. The third-order valence-electron chi connectivity index (χ3n) is 3.12. The Labute approximate surface area is 114 Å². The van der Waals surface area contributed by atoms with E-state index in [-0.39, 0.29) is 6.04 Å². The van der Waals surface area contributed by atoms with Crippen LogP contribution in [0.3, 0.4) is 0 Å². The maximum absolute atomic E-state index is 9.32. The quantitative estimate of drug-likeness (QED) is 0.864. The topological polar surface area (TPSA) is 45.1 Å². The van der Waals surface area contributed by atoms with Crippen molar-refractivity contribution in [1.29, 1.82) is 0 Å². The molecule has 2 rings (SSSR count). The van der Waals surface area contributed by atoms with Gasteiger partial charge in [-0.25, -0.2) is 0 Å². The molecule has 2 N–H and O–H groups in total. The lowest BCUT2D eigenvalue weighted by Gasteiger charge is -2.18. The van der Waals surface area contributed by atoms with Gasteiger partial charge in [-0.3, -0.25) is 4.98 Å². The SMILES string of the molecule is CCNC(Cc1ccc(O)cc1)c1cc(C)ccn1. The minimum absolute atomic E-state index is 0.203. The summed E-state index contributed by atoms with van der Waals surface area (Å²) in [5.74, 6) is 0.303. The van der Waals surface area contributed by atoms with E-state index in [0.29, 0.717) is 5.75 Å². The fourth-order valence-electron chi connectivity index (χ4n) is 2.15. The van der Waals surface area contributed by atoms with Gasteiger partial charge in [0.1, 0.15) is 5.75 Å². The summed E-state index contributed by atoms with van der Waals surface area (Å²) < 4.78 is 0. The third-order valence-corrected chi connectivity index (χ3v) is 3.12. The molecule has 0 spiro atoms. The van der Waals surface area contributed by atoms with Gasteiger partial charge in [-0.05, 0) is 55.3 Å². The van der Waals surface area contributed by atoms with Gasteiger partial charge in [-0.15, -0.1) is 0 Å². The van der Waals surface area contributed by atoms with Crippen LogP contribution in [0.4, 0.5) is 0 Å². The summed E-state index contributed by atoms with van der Waals surface area (Å²) in [7, 11) is 0. The number of phenolic OH excluding ortho intramolecular Hbond substituents is 1. The molecular weight excluding hydrogens is 236 g/mol. The van der Waals surface area contributed by atoms with Gasteiger partial charge in [0, 0.05) is 6.20 Å². The Bertz CT molecular complexity index is 523. The number of phenols is 1. The number of nitrogens with zero attached hydrogens (tertiary/aromatic N) is 1. The van der Waals surface area contributed by atoms with Crippen LogP contribution in [0.5, 0.6) is 5.75 Å². The number of hydrogen-bond donors (Lipinski definition) is 2. The van der Waals surface area contributed by atoms with E-state index in [4.69, 9.17) is 0 Å². The molecule has 100 valence electrons. The van der Waals surface area contributed by atoms with Crippen molar-refractivity contribution >= 4 is 0 Å². The van der Waals surface area contributed by atoms with E-state index in [1.165, 1.54) is 11.1 Å². The number of benzene rings is 1. The molecule has 0 fully saturated rings. The Morgan fingerprint density at radius 1 is 1.21 bits per heavy atom. The van der Waals surface area contributed by atoms with Crippen molar-refractivity contribution in [3.05, 3.63) is 59.4 Å². The Balaban J connectivity index is 2.18. The Kier molecular flexibility index (Phi) is 4.53. The zero-order valence-corrected chi connectivity index (χ0v) is 11.4. The number of aryl methyl sites for hydroxylation is 1. The molecule has 3 nitrogen and oxygen atoms in total. The second-order valence-electron chi connectivity index (χ2n) is 4.74. The molecule has 1 heterocycles. The summed E-state index contributed by atoms with van der Waals surface area (Å²) in [6.45, 7) is 5.08. The number of likely N-dealkylation sites (N-methyl/N-ethyl adjacent to an activating group) is 1. The highest BCUT2D eigenvalue weighted by molar-refractivity contribution is 5.28. The van der Waals surface area contributed by atoms with Gasteiger partial charge in [0.15, 0.2) is 0 Å². The molecule has 0 saturated heterocycles. The first-order valence-electron chi connectivity index (χ1n) is 6.63. The highest BCUT2D eigenvalue weighted by atomic mass is 16.3. The van der Waals surface area contributed by atoms with Gasteiger partial charge in [0.05, 0.1) is 11.7 Å². The van der Waals surface area contributed by atoms with Crippen LogP contribution >= 0.6 is 0 Å². The number of hydrogen-bond acceptors (Lipinski definition) is 3. The first kappa shape index (κ1) is 13.6. The second-order valence-corrected chi connectivity index (χ2v) is 4.74. The van der Waals surface area contributed by atoms with Crippen LogP contribution in [-0.2, 0) is 6.42 Å². The van der Waals surface area contributed by atoms with E-state index < -0.39 is 0 Å². The van der Waals surface area contributed by atoms with Crippen molar-refractivity contribution in [3.63, 3.8) is 0 Å².